The van der Waals surface area contributed by atoms with E-state index in [2.05, 4.69) is 20.9 Å². The second-order valence-electron chi connectivity index (χ2n) is 6.56. The first-order valence-corrected chi connectivity index (χ1v) is 10.1. The highest BCUT2D eigenvalue weighted by atomic mass is 32.1. The zero-order chi connectivity index (χ0) is 20.4. The van der Waals surface area contributed by atoms with Crippen molar-refractivity contribution in [3.8, 4) is 0 Å². The second kappa shape index (κ2) is 10.8. The van der Waals surface area contributed by atoms with Crippen LogP contribution in [0.1, 0.15) is 25.0 Å². The molecule has 0 spiro atoms. The van der Waals surface area contributed by atoms with Crippen LogP contribution in [0.5, 0.6) is 0 Å². The molecule has 152 valence electrons. The lowest BCUT2D eigenvalue weighted by Crippen LogP contribution is -2.42. The molecule has 1 aromatic carbocycles. The number of nitrogens with zero attached hydrogens (tertiary/aromatic N) is 1. The topological polar surface area (TPSA) is 85.8 Å². The monoisotopic (exact) mass is 406 g/mol. The quantitative estimate of drug-likeness (QED) is 0.292. The molecule has 1 heterocycles. The van der Waals surface area contributed by atoms with Crippen molar-refractivity contribution in [2.45, 2.75) is 25.9 Å². The van der Waals surface area contributed by atoms with Crippen LogP contribution >= 0.6 is 11.3 Å². The molecule has 0 radical (unpaired) electrons. The van der Waals surface area contributed by atoms with Gasteiger partial charge in [-0.1, -0.05) is 12.1 Å². The van der Waals surface area contributed by atoms with Crippen LogP contribution < -0.4 is 16.0 Å². The maximum atomic E-state index is 12.9. The third kappa shape index (κ3) is 7.28. The molecule has 2 aromatic rings. The number of nitrogens with one attached hydrogen (secondary N) is 3. The number of hydrogen-bond donors (Lipinski definition) is 4. The average Bonchev–Trinajstić information content (AvgIpc) is 3.21. The minimum Gasteiger partial charge on any atom is -0.383 e. The highest BCUT2D eigenvalue weighted by Gasteiger charge is 2.23. The fraction of sp³-hybridized carbons (Fsp3) is 0.400. The van der Waals surface area contributed by atoms with Gasteiger partial charge in [-0.05, 0) is 53.9 Å². The molecule has 1 aromatic heterocycles. The maximum Gasteiger partial charge on any atom is 0.224 e. The molecule has 6 nitrogen and oxygen atoms in total. The van der Waals surface area contributed by atoms with Crippen LogP contribution in [-0.4, -0.2) is 43.2 Å². The Morgan fingerprint density at radius 2 is 1.89 bits per heavy atom. The Bertz CT molecular complexity index is 761. The molecule has 0 aliphatic heterocycles. The summed E-state index contributed by atoms with van der Waals surface area (Å²) in [7, 11) is 0. The zero-order valence-corrected chi connectivity index (χ0v) is 17.0. The molecule has 1 unspecified atom stereocenters. The molecule has 0 saturated carbocycles. The summed E-state index contributed by atoms with van der Waals surface area (Å²) < 4.78 is 12.9. The third-order valence-electron chi connectivity index (χ3n) is 4.05. The molecule has 0 saturated heterocycles. The summed E-state index contributed by atoms with van der Waals surface area (Å²) in [5.74, 6) is 0.128. The van der Waals surface area contributed by atoms with Gasteiger partial charge in [0.25, 0.3) is 0 Å². The van der Waals surface area contributed by atoms with Crippen molar-refractivity contribution in [2.75, 3.05) is 26.2 Å². The van der Waals surface area contributed by atoms with E-state index in [4.69, 9.17) is 0 Å². The largest absolute Gasteiger partial charge is 0.383 e. The van der Waals surface area contributed by atoms with Gasteiger partial charge in [0.2, 0.25) is 5.91 Å². The van der Waals surface area contributed by atoms with Crippen LogP contribution in [0.4, 0.5) is 4.39 Å². The molecule has 1 atom stereocenters. The summed E-state index contributed by atoms with van der Waals surface area (Å²) in [4.78, 5) is 16.4. The molecule has 0 bridgehead atoms. The van der Waals surface area contributed by atoms with Gasteiger partial charge in [0.15, 0.2) is 5.96 Å². The van der Waals surface area contributed by atoms with Gasteiger partial charge in [-0.15, -0.1) is 0 Å². The van der Waals surface area contributed by atoms with Gasteiger partial charge in [0.05, 0.1) is 13.0 Å². The molecule has 0 aliphatic rings. The normalized spacial score (nSPS) is 13.6. The number of aliphatic hydroxyl groups is 1. The van der Waals surface area contributed by atoms with E-state index in [1.54, 1.807) is 19.1 Å². The van der Waals surface area contributed by atoms with E-state index in [1.807, 2.05) is 23.8 Å². The lowest BCUT2D eigenvalue weighted by Gasteiger charge is -2.21. The predicted molar refractivity (Wildman–Crippen MR) is 111 cm³/mol. The Morgan fingerprint density at radius 1 is 1.18 bits per heavy atom. The Kier molecular flexibility index (Phi) is 8.41. The van der Waals surface area contributed by atoms with Crippen LogP contribution in [0.2, 0.25) is 0 Å². The van der Waals surface area contributed by atoms with Crippen molar-refractivity contribution in [1.82, 2.24) is 16.0 Å². The summed E-state index contributed by atoms with van der Waals surface area (Å²) in [5, 5.41) is 23.4. The van der Waals surface area contributed by atoms with Gasteiger partial charge in [-0.25, -0.2) is 9.38 Å². The number of aliphatic imine (C=N–C) groups is 1. The number of guanidine groups is 1. The number of rotatable bonds is 9. The number of benzene rings is 1. The Labute approximate surface area is 168 Å². The van der Waals surface area contributed by atoms with Gasteiger partial charge < -0.3 is 21.1 Å². The Balaban J connectivity index is 1.76. The first-order chi connectivity index (χ1) is 13.4. The van der Waals surface area contributed by atoms with Crippen molar-refractivity contribution in [1.29, 1.82) is 0 Å². The summed E-state index contributed by atoms with van der Waals surface area (Å²) in [6, 6.07) is 7.77. The lowest BCUT2D eigenvalue weighted by molar-refractivity contribution is -0.120. The molecular weight excluding hydrogens is 379 g/mol. The van der Waals surface area contributed by atoms with Crippen LogP contribution in [-0.2, 0) is 16.8 Å². The zero-order valence-electron chi connectivity index (χ0n) is 16.2. The summed E-state index contributed by atoms with van der Waals surface area (Å²) >= 11 is 1.53. The van der Waals surface area contributed by atoms with E-state index < -0.39 is 5.60 Å². The average molecular weight is 407 g/mol. The van der Waals surface area contributed by atoms with Crippen molar-refractivity contribution in [3.05, 3.63) is 58.0 Å². The van der Waals surface area contributed by atoms with Crippen molar-refractivity contribution in [2.24, 2.45) is 4.99 Å². The number of carbonyl (C=O) groups excluding carboxylic acids is 1. The van der Waals surface area contributed by atoms with Crippen LogP contribution in [0, 0.1) is 5.82 Å². The highest BCUT2D eigenvalue weighted by molar-refractivity contribution is 7.08. The Hall–Kier alpha value is -2.45. The second-order valence-corrected chi connectivity index (χ2v) is 7.34. The standard InChI is InChI=1S/C20H27FN4O2S/c1-3-22-19(25-14-20(2,27)16-8-11-28-13-16)24-10-9-23-18(26)12-15-4-6-17(21)7-5-15/h4-8,11,13,27H,3,9-10,12,14H2,1-2H3,(H,23,26)(H2,22,24,25). The molecule has 0 aliphatic carbocycles. The van der Waals surface area contributed by atoms with E-state index in [0.29, 0.717) is 25.6 Å². The highest BCUT2D eigenvalue weighted by Crippen LogP contribution is 2.23. The predicted octanol–water partition coefficient (Wildman–Crippen LogP) is 2.01. The van der Waals surface area contributed by atoms with Crippen LogP contribution in [0.15, 0.2) is 46.1 Å². The van der Waals surface area contributed by atoms with Gasteiger partial charge in [-0.2, -0.15) is 11.3 Å². The van der Waals surface area contributed by atoms with E-state index in [-0.39, 0.29) is 24.7 Å². The van der Waals surface area contributed by atoms with Crippen molar-refractivity contribution >= 4 is 23.2 Å². The molecule has 1 amide bonds. The minimum atomic E-state index is -1.04. The number of amides is 1. The van der Waals surface area contributed by atoms with Crippen molar-refractivity contribution in [3.63, 3.8) is 0 Å². The Morgan fingerprint density at radius 3 is 2.54 bits per heavy atom. The van der Waals surface area contributed by atoms with E-state index >= 15 is 0 Å². The lowest BCUT2D eigenvalue weighted by atomic mass is 10.00. The number of hydrogen-bond acceptors (Lipinski definition) is 4. The third-order valence-corrected chi connectivity index (χ3v) is 4.73. The molecule has 0 fully saturated rings. The van der Waals surface area contributed by atoms with Crippen LogP contribution in [0.3, 0.4) is 0 Å². The SMILES string of the molecule is CCNC(=NCC(C)(O)c1ccsc1)NCCNC(=O)Cc1ccc(F)cc1. The van der Waals surface area contributed by atoms with E-state index in [0.717, 1.165) is 11.1 Å². The smallest absolute Gasteiger partial charge is 0.224 e. The van der Waals surface area contributed by atoms with Gasteiger partial charge >= 0.3 is 0 Å². The first kappa shape index (κ1) is 21.8. The van der Waals surface area contributed by atoms with E-state index in [1.165, 1.54) is 23.5 Å². The minimum absolute atomic E-state index is 0.129. The van der Waals surface area contributed by atoms with Crippen LogP contribution in [0.25, 0.3) is 0 Å². The van der Waals surface area contributed by atoms with Gasteiger partial charge in [0.1, 0.15) is 11.4 Å². The summed E-state index contributed by atoms with van der Waals surface area (Å²) in [6.07, 6.45) is 0.206. The summed E-state index contributed by atoms with van der Waals surface area (Å²) in [6.45, 7) is 5.50. The molecule has 4 N–H and O–H groups in total. The molecule has 8 heteroatoms. The number of thiophene rings is 1. The maximum absolute atomic E-state index is 12.9. The fourth-order valence-electron chi connectivity index (χ4n) is 2.47. The fourth-order valence-corrected chi connectivity index (χ4v) is 3.25. The molecule has 28 heavy (non-hydrogen) atoms. The van der Waals surface area contributed by atoms with Gasteiger partial charge in [-0.3, -0.25) is 4.79 Å². The van der Waals surface area contributed by atoms with Crippen molar-refractivity contribution < 1.29 is 14.3 Å². The first-order valence-electron chi connectivity index (χ1n) is 9.19. The summed E-state index contributed by atoms with van der Waals surface area (Å²) in [5.41, 5.74) is 0.564. The number of carbonyl (C=O) groups is 1. The number of halogens is 1. The van der Waals surface area contributed by atoms with Gasteiger partial charge in [0, 0.05) is 19.6 Å². The molecule has 2 rings (SSSR count). The van der Waals surface area contributed by atoms with E-state index in [9.17, 15) is 14.3 Å². The molecular formula is C20H27FN4O2S.